The van der Waals surface area contributed by atoms with Crippen molar-refractivity contribution in [1.82, 2.24) is 5.32 Å². The Labute approximate surface area is 149 Å². The first-order valence-electron chi connectivity index (χ1n) is 8.45. The van der Waals surface area contributed by atoms with E-state index >= 15 is 0 Å². The number of aryl methyl sites for hydroxylation is 1. The molecular formula is C21H25NO3. The Morgan fingerprint density at radius 2 is 1.76 bits per heavy atom. The molecule has 0 aliphatic carbocycles. The highest BCUT2D eigenvalue weighted by Gasteiger charge is 2.03. The Balaban J connectivity index is 1.72. The Bertz CT molecular complexity index is 696. The van der Waals surface area contributed by atoms with Gasteiger partial charge in [-0.1, -0.05) is 36.4 Å². The summed E-state index contributed by atoms with van der Waals surface area (Å²) in [5, 5.41) is 2.91. The summed E-state index contributed by atoms with van der Waals surface area (Å²) in [5.74, 6) is 1.22. The quantitative estimate of drug-likeness (QED) is 0.557. The molecule has 0 aliphatic rings. The maximum Gasteiger partial charge on any atom is 0.243 e. The van der Waals surface area contributed by atoms with Gasteiger partial charge >= 0.3 is 0 Å². The van der Waals surface area contributed by atoms with Crippen LogP contribution in [0.3, 0.4) is 0 Å². The molecule has 0 fully saturated rings. The Hall–Kier alpha value is -2.75. The highest BCUT2D eigenvalue weighted by Crippen LogP contribution is 2.27. The Kier molecular flexibility index (Phi) is 7.57. The molecule has 0 unspecified atom stereocenters. The predicted octanol–water partition coefficient (Wildman–Crippen LogP) is 3.86. The predicted molar refractivity (Wildman–Crippen MR) is 101 cm³/mol. The second-order valence-corrected chi connectivity index (χ2v) is 5.68. The van der Waals surface area contributed by atoms with Crippen LogP contribution in [0, 0.1) is 0 Å². The van der Waals surface area contributed by atoms with Crippen LogP contribution < -0.4 is 14.8 Å². The van der Waals surface area contributed by atoms with E-state index in [0.717, 1.165) is 24.8 Å². The van der Waals surface area contributed by atoms with E-state index in [1.165, 1.54) is 5.56 Å². The maximum absolute atomic E-state index is 11.9. The molecule has 1 N–H and O–H groups in total. The van der Waals surface area contributed by atoms with Crippen LogP contribution in [0.25, 0.3) is 6.08 Å². The number of hydrogen-bond acceptors (Lipinski definition) is 3. The molecule has 0 heterocycles. The minimum Gasteiger partial charge on any atom is -0.493 e. The minimum atomic E-state index is -0.0884. The SMILES string of the molecule is COc1ccc(/C=C\C(=O)NCCCCc2ccccc2)cc1OC. The average Bonchev–Trinajstić information content (AvgIpc) is 2.66. The summed E-state index contributed by atoms with van der Waals surface area (Å²) in [6, 6.07) is 15.9. The molecule has 4 nitrogen and oxygen atoms in total. The van der Waals surface area contributed by atoms with Gasteiger partial charge < -0.3 is 14.8 Å². The van der Waals surface area contributed by atoms with Crippen molar-refractivity contribution in [3.8, 4) is 11.5 Å². The monoisotopic (exact) mass is 339 g/mol. The van der Waals surface area contributed by atoms with Gasteiger partial charge in [0.05, 0.1) is 14.2 Å². The summed E-state index contributed by atoms with van der Waals surface area (Å²) < 4.78 is 10.4. The van der Waals surface area contributed by atoms with Crippen molar-refractivity contribution in [2.24, 2.45) is 0 Å². The molecule has 0 atom stereocenters. The van der Waals surface area contributed by atoms with Gasteiger partial charge in [0, 0.05) is 12.6 Å². The van der Waals surface area contributed by atoms with Crippen molar-refractivity contribution in [3.63, 3.8) is 0 Å². The van der Waals surface area contributed by atoms with Gasteiger partial charge in [-0.05, 0) is 48.6 Å². The number of unbranched alkanes of at least 4 members (excludes halogenated alkanes) is 1. The molecule has 0 saturated carbocycles. The molecule has 0 aromatic heterocycles. The molecule has 25 heavy (non-hydrogen) atoms. The van der Waals surface area contributed by atoms with Crippen molar-refractivity contribution in [2.75, 3.05) is 20.8 Å². The van der Waals surface area contributed by atoms with Crippen LogP contribution in [0.4, 0.5) is 0 Å². The van der Waals surface area contributed by atoms with Crippen LogP contribution in [-0.4, -0.2) is 26.7 Å². The fourth-order valence-corrected chi connectivity index (χ4v) is 2.50. The fourth-order valence-electron chi connectivity index (χ4n) is 2.50. The van der Waals surface area contributed by atoms with Crippen LogP contribution >= 0.6 is 0 Å². The summed E-state index contributed by atoms with van der Waals surface area (Å²) in [5.41, 5.74) is 2.22. The van der Waals surface area contributed by atoms with E-state index < -0.39 is 0 Å². The topological polar surface area (TPSA) is 47.6 Å². The number of nitrogens with one attached hydrogen (secondary N) is 1. The lowest BCUT2D eigenvalue weighted by Gasteiger charge is -2.07. The van der Waals surface area contributed by atoms with Crippen LogP contribution in [0.15, 0.2) is 54.6 Å². The second-order valence-electron chi connectivity index (χ2n) is 5.68. The largest absolute Gasteiger partial charge is 0.493 e. The number of hydrogen-bond donors (Lipinski definition) is 1. The number of carbonyl (C=O) groups is 1. The first-order chi connectivity index (χ1) is 12.2. The van der Waals surface area contributed by atoms with Gasteiger partial charge in [-0.2, -0.15) is 0 Å². The minimum absolute atomic E-state index is 0.0884. The Morgan fingerprint density at radius 3 is 2.48 bits per heavy atom. The standard InChI is InChI=1S/C21H25NO3/c1-24-19-13-11-18(16-20(19)25-2)12-14-21(23)22-15-7-6-10-17-8-4-3-5-9-17/h3-5,8-9,11-14,16H,6-7,10,15H2,1-2H3,(H,22,23)/b14-12-. The lowest BCUT2D eigenvalue weighted by atomic mass is 10.1. The summed E-state index contributed by atoms with van der Waals surface area (Å²) >= 11 is 0. The van der Waals surface area contributed by atoms with Gasteiger partial charge in [-0.15, -0.1) is 0 Å². The molecule has 0 radical (unpaired) electrons. The van der Waals surface area contributed by atoms with Gasteiger partial charge in [0.2, 0.25) is 5.91 Å². The summed E-state index contributed by atoms with van der Waals surface area (Å²) in [6.07, 6.45) is 6.37. The van der Waals surface area contributed by atoms with Crippen molar-refractivity contribution < 1.29 is 14.3 Å². The van der Waals surface area contributed by atoms with E-state index in [1.54, 1.807) is 26.4 Å². The summed E-state index contributed by atoms with van der Waals surface area (Å²) in [6.45, 7) is 0.682. The number of benzene rings is 2. The molecule has 132 valence electrons. The molecule has 2 rings (SSSR count). The van der Waals surface area contributed by atoms with Crippen molar-refractivity contribution in [2.45, 2.75) is 19.3 Å². The highest BCUT2D eigenvalue weighted by atomic mass is 16.5. The third-order valence-electron chi connectivity index (χ3n) is 3.87. The normalized spacial score (nSPS) is 10.6. The zero-order valence-electron chi connectivity index (χ0n) is 14.8. The van der Waals surface area contributed by atoms with Gasteiger partial charge in [0.25, 0.3) is 0 Å². The number of methoxy groups -OCH3 is 2. The maximum atomic E-state index is 11.9. The fraction of sp³-hybridized carbons (Fsp3) is 0.286. The van der Waals surface area contributed by atoms with Crippen LogP contribution in [0.1, 0.15) is 24.0 Å². The molecule has 0 saturated heterocycles. The smallest absolute Gasteiger partial charge is 0.243 e. The number of rotatable bonds is 9. The van der Waals surface area contributed by atoms with Crippen LogP contribution in [0.2, 0.25) is 0 Å². The molecular weight excluding hydrogens is 314 g/mol. The van der Waals surface area contributed by atoms with E-state index in [1.807, 2.05) is 24.3 Å². The molecule has 0 spiro atoms. The zero-order valence-corrected chi connectivity index (χ0v) is 14.8. The first-order valence-corrected chi connectivity index (χ1v) is 8.45. The third-order valence-corrected chi connectivity index (χ3v) is 3.87. The van der Waals surface area contributed by atoms with Crippen LogP contribution in [0.5, 0.6) is 11.5 Å². The Morgan fingerprint density at radius 1 is 1.00 bits per heavy atom. The van der Waals surface area contributed by atoms with E-state index in [9.17, 15) is 4.79 Å². The van der Waals surface area contributed by atoms with Crippen molar-refractivity contribution in [1.29, 1.82) is 0 Å². The highest BCUT2D eigenvalue weighted by molar-refractivity contribution is 5.91. The van der Waals surface area contributed by atoms with E-state index in [2.05, 4.69) is 29.6 Å². The molecule has 0 aliphatic heterocycles. The first kappa shape index (κ1) is 18.6. The molecule has 4 heteroatoms. The van der Waals surface area contributed by atoms with Gasteiger partial charge in [0.1, 0.15) is 0 Å². The molecule has 2 aromatic carbocycles. The van der Waals surface area contributed by atoms with Crippen LogP contribution in [-0.2, 0) is 11.2 Å². The number of ether oxygens (including phenoxy) is 2. The summed E-state index contributed by atoms with van der Waals surface area (Å²) in [4.78, 5) is 11.9. The van der Waals surface area contributed by atoms with Gasteiger partial charge in [-0.25, -0.2) is 0 Å². The van der Waals surface area contributed by atoms with Crippen molar-refractivity contribution in [3.05, 3.63) is 65.7 Å². The van der Waals surface area contributed by atoms with Gasteiger partial charge in [0.15, 0.2) is 11.5 Å². The molecule has 2 aromatic rings. The summed E-state index contributed by atoms with van der Waals surface area (Å²) in [7, 11) is 3.19. The second kappa shape index (κ2) is 10.2. The average molecular weight is 339 g/mol. The zero-order chi connectivity index (χ0) is 17.9. The lowest BCUT2D eigenvalue weighted by Crippen LogP contribution is -2.22. The number of amides is 1. The third kappa shape index (κ3) is 6.34. The van der Waals surface area contributed by atoms with E-state index in [-0.39, 0.29) is 5.91 Å². The van der Waals surface area contributed by atoms with E-state index in [4.69, 9.17) is 9.47 Å². The molecule has 1 amide bonds. The van der Waals surface area contributed by atoms with Crippen molar-refractivity contribution >= 4 is 12.0 Å². The lowest BCUT2D eigenvalue weighted by molar-refractivity contribution is -0.116. The number of carbonyl (C=O) groups excluding carboxylic acids is 1. The van der Waals surface area contributed by atoms with Gasteiger partial charge in [-0.3, -0.25) is 4.79 Å². The van der Waals surface area contributed by atoms with E-state index in [0.29, 0.717) is 18.0 Å². The molecule has 0 bridgehead atoms.